The fraction of sp³-hybridized carbons (Fsp3) is 0.188. The van der Waals surface area contributed by atoms with Gasteiger partial charge in [0.05, 0.1) is 17.8 Å². The number of hydrogen-bond acceptors (Lipinski definition) is 3. The lowest BCUT2D eigenvalue weighted by Gasteiger charge is -2.14. The van der Waals surface area contributed by atoms with Crippen molar-refractivity contribution in [3.8, 4) is 0 Å². The smallest absolute Gasteiger partial charge is 0.130 e. The molecule has 3 aromatic rings. The largest absolute Gasteiger partial charge is 0.467 e. The van der Waals surface area contributed by atoms with E-state index in [4.69, 9.17) is 4.42 Å². The number of para-hydroxylation sites is 1. The molecule has 0 amide bonds. The van der Waals surface area contributed by atoms with Crippen LogP contribution in [0.25, 0.3) is 10.9 Å². The first kappa shape index (κ1) is 11.8. The van der Waals surface area contributed by atoms with Crippen LogP contribution in [0.15, 0.2) is 53.1 Å². The van der Waals surface area contributed by atoms with E-state index >= 15 is 0 Å². The Labute approximate surface area is 112 Å². The number of furan rings is 1. The Kier molecular flexibility index (Phi) is 2.95. The van der Waals surface area contributed by atoms with Crippen molar-refractivity contribution >= 4 is 16.7 Å². The van der Waals surface area contributed by atoms with Gasteiger partial charge < -0.3 is 9.73 Å². The van der Waals surface area contributed by atoms with Gasteiger partial charge in [-0.2, -0.15) is 0 Å². The lowest BCUT2D eigenvalue weighted by Crippen LogP contribution is -2.08. The number of rotatable bonds is 3. The molecule has 0 saturated carbocycles. The van der Waals surface area contributed by atoms with E-state index in [1.165, 1.54) is 0 Å². The van der Waals surface area contributed by atoms with E-state index < -0.39 is 0 Å². The number of hydrogen-bond donors (Lipinski definition) is 1. The minimum Gasteiger partial charge on any atom is -0.467 e. The van der Waals surface area contributed by atoms with Crippen molar-refractivity contribution in [1.82, 2.24) is 4.98 Å². The highest BCUT2D eigenvalue weighted by atomic mass is 16.3. The highest BCUT2D eigenvalue weighted by Gasteiger charge is 2.10. The SMILES string of the molecule is Cc1cc2ccccc2nc1NC(C)c1ccco1. The molecule has 0 fully saturated rings. The molecule has 96 valence electrons. The molecule has 1 N–H and O–H groups in total. The molecule has 1 aromatic carbocycles. The third-order valence-corrected chi connectivity index (χ3v) is 3.24. The van der Waals surface area contributed by atoms with Crippen LogP contribution in [-0.2, 0) is 0 Å². The molecular formula is C16H16N2O. The molecule has 1 atom stereocenters. The summed E-state index contributed by atoms with van der Waals surface area (Å²) < 4.78 is 5.40. The van der Waals surface area contributed by atoms with Gasteiger partial charge in [-0.05, 0) is 43.7 Å². The first-order valence-corrected chi connectivity index (χ1v) is 6.40. The molecule has 3 nitrogen and oxygen atoms in total. The quantitative estimate of drug-likeness (QED) is 0.754. The van der Waals surface area contributed by atoms with Gasteiger partial charge >= 0.3 is 0 Å². The van der Waals surface area contributed by atoms with Crippen molar-refractivity contribution in [2.75, 3.05) is 5.32 Å². The van der Waals surface area contributed by atoms with Crippen LogP contribution in [-0.4, -0.2) is 4.98 Å². The molecule has 0 spiro atoms. The van der Waals surface area contributed by atoms with Crippen molar-refractivity contribution in [3.63, 3.8) is 0 Å². The summed E-state index contributed by atoms with van der Waals surface area (Å²) in [5.74, 6) is 1.82. The monoisotopic (exact) mass is 252 g/mol. The molecular weight excluding hydrogens is 236 g/mol. The fourth-order valence-electron chi connectivity index (χ4n) is 2.18. The fourth-order valence-corrected chi connectivity index (χ4v) is 2.18. The second kappa shape index (κ2) is 4.76. The molecule has 0 saturated heterocycles. The topological polar surface area (TPSA) is 38.1 Å². The highest BCUT2D eigenvalue weighted by Crippen LogP contribution is 2.24. The Balaban J connectivity index is 1.94. The number of benzene rings is 1. The number of fused-ring (bicyclic) bond motifs is 1. The summed E-state index contributed by atoms with van der Waals surface area (Å²) in [7, 11) is 0. The molecule has 0 aliphatic rings. The van der Waals surface area contributed by atoms with E-state index in [9.17, 15) is 0 Å². The summed E-state index contributed by atoms with van der Waals surface area (Å²) in [6.45, 7) is 4.13. The van der Waals surface area contributed by atoms with Crippen LogP contribution >= 0.6 is 0 Å². The second-order valence-electron chi connectivity index (χ2n) is 4.73. The first-order chi connectivity index (χ1) is 9.24. The number of nitrogens with one attached hydrogen (secondary N) is 1. The standard InChI is InChI=1S/C16H16N2O/c1-11-10-13-6-3-4-7-14(13)18-16(11)17-12(2)15-8-5-9-19-15/h3-10,12H,1-2H3,(H,17,18). The zero-order valence-corrected chi connectivity index (χ0v) is 11.1. The molecule has 3 heteroatoms. The summed E-state index contributed by atoms with van der Waals surface area (Å²) in [6, 6.07) is 14.3. The molecule has 19 heavy (non-hydrogen) atoms. The van der Waals surface area contributed by atoms with Crippen LogP contribution in [0.1, 0.15) is 24.3 Å². The van der Waals surface area contributed by atoms with E-state index in [0.29, 0.717) is 0 Å². The van der Waals surface area contributed by atoms with Gasteiger partial charge in [0.15, 0.2) is 0 Å². The third kappa shape index (κ3) is 2.32. The van der Waals surface area contributed by atoms with Gasteiger partial charge in [-0.1, -0.05) is 18.2 Å². The van der Waals surface area contributed by atoms with Crippen LogP contribution in [0.2, 0.25) is 0 Å². The molecule has 0 aliphatic carbocycles. The number of anilines is 1. The highest BCUT2D eigenvalue weighted by molar-refractivity contribution is 5.81. The molecule has 0 radical (unpaired) electrons. The number of aromatic nitrogens is 1. The summed E-state index contributed by atoms with van der Waals surface area (Å²) in [6.07, 6.45) is 1.69. The predicted octanol–water partition coefficient (Wildman–Crippen LogP) is 4.31. The Morgan fingerprint density at radius 3 is 2.79 bits per heavy atom. The Hall–Kier alpha value is -2.29. The summed E-state index contributed by atoms with van der Waals surface area (Å²) in [5.41, 5.74) is 2.14. The zero-order chi connectivity index (χ0) is 13.2. The first-order valence-electron chi connectivity index (χ1n) is 6.40. The lowest BCUT2D eigenvalue weighted by atomic mass is 10.1. The minimum atomic E-state index is 0.0994. The maximum atomic E-state index is 5.40. The maximum absolute atomic E-state index is 5.40. The number of pyridine rings is 1. The summed E-state index contributed by atoms with van der Waals surface area (Å²) in [5, 5.41) is 4.56. The second-order valence-corrected chi connectivity index (χ2v) is 4.73. The van der Waals surface area contributed by atoms with Crippen molar-refractivity contribution in [2.24, 2.45) is 0 Å². The van der Waals surface area contributed by atoms with Crippen LogP contribution in [0.4, 0.5) is 5.82 Å². The number of nitrogens with zero attached hydrogens (tertiary/aromatic N) is 1. The van der Waals surface area contributed by atoms with Crippen LogP contribution < -0.4 is 5.32 Å². The lowest BCUT2D eigenvalue weighted by molar-refractivity contribution is 0.490. The van der Waals surface area contributed by atoms with E-state index in [1.54, 1.807) is 6.26 Å². The Morgan fingerprint density at radius 2 is 2.00 bits per heavy atom. The van der Waals surface area contributed by atoms with E-state index in [-0.39, 0.29) is 6.04 Å². The van der Waals surface area contributed by atoms with Gasteiger partial charge in [-0.3, -0.25) is 0 Å². The average molecular weight is 252 g/mol. The van der Waals surface area contributed by atoms with Gasteiger partial charge in [0, 0.05) is 5.39 Å². The van der Waals surface area contributed by atoms with E-state index in [1.807, 2.05) is 30.3 Å². The normalized spacial score (nSPS) is 12.5. The van der Waals surface area contributed by atoms with Gasteiger partial charge in [0.2, 0.25) is 0 Å². The van der Waals surface area contributed by atoms with Crippen LogP contribution in [0, 0.1) is 6.92 Å². The average Bonchev–Trinajstić information content (AvgIpc) is 2.93. The van der Waals surface area contributed by atoms with Gasteiger partial charge in [0.25, 0.3) is 0 Å². The summed E-state index contributed by atoms with van der Waals surface area (Å²) in [4.78, 5) is 4.67. The van der Waals surface area contributed by atoms with E-state index in [2.05, 4.69) is 36.3 Å². The minimum absolute atomic E-state index is 0.0994. The van der Waals surface area contributed by atoms with Crippen molar-refractivity contribution in [1.29, 1.82) is 0 Å². The molecule has 2 heterocycles. The third-order valence-electron chi connectivity index (χ3n) is 3.24. The van der Waals surface area contributed by atoms with E-state index in [0.717, 1.165) is 28.0 Å². The van der Waals surface area contributed by atoms with Crippen molar-refractivity contribution in [2.45, 2.75) is 19.9 Å². The Bertz CT molecular complexity index is 689. The maximum Gasteiger partial charge on any atom is 0.130 e. The molecule has 1 unspecified atom stereocenters. The predicted molar refractivity (Wildman–Crippen MR) is 77.2 cm³/mol. The van der Waals surface area contributed by atoms with Crippen molar-refractivity contribution < 1.29 is 4.42 Å². The summed E-state index contributed by atoms with van der Waals surface area (Å²) >= 11 is 0. The zero-order valence-electron chi connectivity index (χ0n) is 11.1. The van der Waals surface area contributed by atoms with Gasteiger partial charge in [-0.25, -0.2) is 4.98 Å². The molecule has 2 aromatic heterocycles. The van der Waals surface area contributed by atoms with Crippen molar-refractivity contribution in [3.05, 3.63) is 60.1 Å². The molecule has 3 rings (SSSR count). The van der Waals surface area contributed by atoms with Gasteiger partial charge in [0.1, 0.15) is 11.6 Å². The van der Waals surface area contributed by atoms with Crippen LogP contribution in [0.3, 0.4) is 0 Å². The van der Waals surface area contributed by atoms with Crippen LogP contribution in [0.5, 0.6) is 0 Å². The molecule has 0 aliphatic heterocycles. The Morgan fingerprint density at radius 1 is 1.16 bits per heavy atom. The molecule has 0 bridgehead atoms. The number of aryl methyl sites for hydroxylation is 1. The van der Waals surface area contributed by atoms with Gasteiger partial charge in [-0.15, -0.1) is 0 Å².